The number of rotatable bonds is 6. The van der Waals surface area contributed by atoms with Gasteiger partial charge in [-0.1, -0.05) is 31.0 Å². The molecule has 0 spiro atoms. The molecule has 1 saturated carbocycles. The van der Waals surface area contributed by atoms with Crippen molar-refractivity contribution in [3.8, 4) is 0 Å². The average Bonchev–Trinajstić information content (AvgIpc) is 3.10. The molecule has 1 aliphatic carbocycles. The summed E-state index contributed by atoms with van der Waals surface area (Å²) in [6.07, 6.45) is 6.31. The van der Waals surface area contributed by atoms with Gasteiger partial charge in [-0.15, -0.1) is 0 Å². The summed E-state index contributed by atoms with van der Waals surface area (Å²) in [6.45, 7) is 0.230. The van der Waals surface area contributed by atoms with Crippen molar-refractivity contribution in [2.75, 3.05) is 6.54 Å². The van der Waals surface area contributed by atoms with Crippen molar-refractivity contribution in [2.24, 2.45) is 0 Å². The van der Waals surface area contributed by atoms with E-state index in [1.165, 1.54) is 17.4 Å². The molecule has 0 atom stereocenters. The molecule has 0 saturated heterocycles. The number of benzene rings is 1. The van der Waals surface area contributed by atoms with E-state index in [0.717, 1.165) is 18.2 Å². The van der Waals surface area contributed by atoms with Crippen LogP contribution in [0, 0.1) is 0 Å². The van der Waals surface area contributed by atoms with E-state index >= 15 is 0 Å². The topological polar surface area (TPSA) is 80.2 Å². The predicted octanol–water partition coefficient (Wildman–Crippen LogP) is 1.57. The molecule has 25 heavy (non-hydrogen) atoms. The molecule has 1 heterocycles. The summed E-state index contributed by atoms with van der Waals surface area (Å²) in [4.78, 5) is 36.2. The van der Waals surface area contributed by atoms with Crippen LogP contribution in [0.5, 0.6) is 0 Å². The van der Waals surface area contributed by atoms with Crippen LogP contribution in [-0.4, -0.2) is 29.0 Å². The fourth-order valence-electron chi connectivity index (χ4n) is 3.25. The van der Waals surface area contributed by atoms with E-state index in [9.17, 15) is 14.4 Å². The third-order valence-electron chi connectivity index (χ3n) is 4.59. The smallest absolute Gasteiger partial charge is 0.258 e. The second-order valence-electron chi connectivity index (χ2n) is 6.48. The van der Waals surface area contributed by atoms with Gasteiger partial charge in [-0.25, -0.2) is 0 Å². The summed E-state index contributed by atoms with van der Waals surface area (Å²) in [5, 5.41) is 7.13. The first-order valence-electron chi connectivity index (χ1n) is 8.78. The first-order chi connectivity index (χ1) is 12.1. The zero-order valence-corrected chi connectivity index (χ0v) is 14.2. The van der Waals surface area contributed by atoms with Crippen molar-refractivity contribution in [2.45, 2.75) is 44.7 Å². The molecule has 0 bridgehead atoms. The maximum Gasteiger partial charge on any atom is 0.258 e. The van der Waals surface area contributed by atoms with E-state index in [0.29, 0.717) is 11.4 Å². The SMILES string of the molecule is O=C(Cn1ccc2ccccc2c1=O)NCCC(=O)NC1CCCC1. The lowest BCUT2D eigenvalue weighted by molar-refractivity contribution is -0.123. The molecule has 2 N–H and O–H groups in total. The van der Waals surface area contributed by atoms with Crippen LogP contribution in [0.3, 0.4) is 0 Å². The Labute approximate surface area is 146 Å². The van der Waals surface area contributed by atoms with Gasteiger partial charge in [0.1, 0.15) is 6.54 Å². The first-order valence-corrected chi connectivity index (χ1v) is 8.78. The summed E-state index contributed by atoms with van der Waals surface area (Å²) < 4.78 is 1.39. The molecule has 0 unspecified atom stereocenters. The molecule has 1 aromatic heterocycles. The van der Waals surface area contributed by atoms with Gasteiger partial charge in [-0.3, -0.25) is 14.4 Å². The highest BCUT2D eigenvalue weighted by molar-refractivity contribution is 5.82. The quantitative estimate of drug-likeness (QED) is 0.837. The van der Waals surface area contributed by atoms with E-state index in [-0.39, 0.29) is 36.9 Å². The molecule has 3 rings (SSSR count). The fraction of sp³-hybridized carbons (Fsp3) is 0.421. The van der Waals surface area contributed by atoms with Crippen molar-refractivity contribution in [3.05, 3.63) is 46.9 Å². The zero-order valence-electron chi connectivity index (χ0n) is 14.2. The monoisotopic (exact) mass is 341 g/mol. The summed E-state index contributed by atoms with van der Waals surface area (Å²) in [6, 6.07) is 9.40. The Morgan fingerprint density at radius 2 is 1.84 bits per heavy atom. The fourth-order valence-corrected chi connectivity index (χ4v) is 3.25. The molecular formula is C19H23N3O3. The lowest BCUT2D eigenvalue weighted by Crippen LogP contribution is -2.37. The number of nitrogens with zero attached hydrogens (tertiary/aromatic N) is 1. The van der Waals surface area contributed by atoms with Gasteiger partial charge < -0.3 is 15.2 Å². The first kappa shape index (κ1) is 17.2. The van der Waals surface area contributed by atoms with E-state index in [4.69, 9.17) is 0 Å². The van der Waals surface area contributed by atoms with Crippen LogP contribution in [0.4, 0.5) is 0 Å². The minimum absolute atomic E-state index is 0.0323. The molecule has 1 aliphatic rings. The number of hydrogen-bond donors (Lipinski definition) is 2. The summed E-state index contributed by atoms with van der Waals surface area (Å²) in [5.41, 5.74) is -0.188. The summed E-state index contributed by atoms with van der Waals surface area (Å²) in [7, 11) is 0. The Morgan fingerprint density at radius 1 is 1.08 bits per heavy atom. The van der Waals surface area contributed by atoms with Crippen molar-refractivity contribution in [1.82, 2.24) is 15.2 Å². The molecule has 2 amide bonds. The molecule has 132 valence electrons. The van der Waals surface area contributed by atoms with Crippen LogP contribution >= 0.6 is 0 Å². The second-order valence-corrected chi connectivity index (χ2v) is 6.48. The molecule has 0 aliphatic heterocycles. The normalized spacial score (nSPS) is 14.6. The third-order valence-corrected chi connectivity index (χ3v) is 4.59. The lowest BCUT2D eigenvalue weighted by Gasteiger charge is -2.12. The van der Waals surface area contributed by atoms with Gasteiger partial charge in [0.05, 0.1) is 0 Å². The van der Waals surface area contributed by atoms with Crippen LogP contribution in [-0.2, 0) is 16.1 Å². The van der Waals surface area contributed by atoms with Crippen molar-refractivity contribution in [1.29, 1.82) is 0 Å². The van der Waals surface area contributed by atoms with Gasteiger partial charge >= 0.3 is 0 Å². The summed E-state index contributed by atoms with van der Waals surface area (Å²) >= 11 is 0. The van der Waals surface area contributed by atoms with Crippen molar-refractivity contribution < 1.29 is 9.59 Å². The highest BCUT2D eigenvalue weighted by atomic mass is 16.2. The Kier molecular flexibility index (Phi) is 5.48. The molecular weight excluding hydrogens is 318 g/mol. The zero-order chi connectivity index (χ0) is 17.6. The minimum Gasteiger partial charge on any atom is -0.354 e. The highest BCUT2D eigenvalue weighted by Gasteiger charge is 2.16. The van der Waals surface area contributed by atoms with Gasteiger partial charge in [0, 0.05) is 30.6 Å². The number of amides is 2. The van der Waals surface area contributed by atoms with Gasteiger partial charge in [0.2, 0.25) is 11.8 Å². The Morgan fingerprint density at radius 3 is 2.64 bits per heavy atom. The van der Waals surface area contributed by atoms with Crippen LogP contribution < -0.4 is 16.2 Å². The van der Waals surface area contributed by atoms with Gasteiger partial charge in [0.25, 0.3) is 5.56 Å². The van der Waals surface area contributed by atoms with Crippen LogP contribution in [0.15, 0.2) is 41.3 Å². The largest absolute Gasteiger partial charge is 0.354 e. The molecule has 6 nitrogen and oxygen atoms in total. The van der Waals surface area contributed by atoms with Crippen molar-refractivity contribution >= 4 is 22.6 Å². The predicted molar refractivity (Wildman–Crippen MR) is 96.2 cm³/mol. The van der Waals surface area contributed by atoms with E-state index < -0.39 is 0 Å². The molecule has 1 fully saturated rings. The van der Waals surface area contributed by atoms with Gasteiger partial charge in [-0.05, 0) is 30.4 Å². The number of carbonyl (C=O) groups is 2. The summed E-state index contributed by atoms with van der Waals surface area (Å²) in [5.74, 6) is -0.305. The van der Waals surface area contributed by atoms with E-state index in [1.54, 1.807) is 18.3 Å². The van der Waals surface area contributed by atoms with Crippen LogP contribution in [0.2, 0.25) is 0 Å². The number of nitrogens with one attached hydrogen (secondary N) is 2. The number of pyridine rings is 1. The van der Waals surface area contributed by atoms with E-state index in [2.05, 4.69) is 10.6 Å². The van der Waals surface area contributed by atoms with Crippen molar-refractivity contribution in [3.63, 3.8) is 0 Å². The molecule has 2 aromatic rings. The minimum atomic E-state index is -0.272. The third kappa shape index (κ3) is 4.47. The maximum atomic E-state index is 12.4. The maximum absolute atomic E-state index is 12.4. The number of hydrogen-bond acceptors (Lipinski definition) is 3. The standard InChI is InChI=1S/C19H23N3O3/c23-17(21-15-6-2-3-7-15)9-11-20-18(24)13-22-12-10-14-5-1-4-8-16(14)19(22)25/h1,4-5,8,10,12,15H,2-3,6-7,9,11,13H2,(H,20,24)(H,21,23). The number of carbonyl (C=O) groups excluding carboxylic acids is 2. The molecule has 6 heteroatoms. The van der Waals surface area contributed by atoms with Gasteiger partial charge in [0.15, 0.2) is 0 Å². The van der Waals surface area contributed by atoms with E-state index in [1.807, 2.05) is 18.2 Å². The Balaban J connectivity index is 1.48. The number of aromatic nitrogens is 1. The Hall–Kier alpha value is -2.63. The average molecular weight is 341 g/mol. The molecule has 0 radical (unpaired) electrons. The van der Waals surface area contributed by atoms with Gasteiger partial charge in [-0.2, -0.15) is 0 Å². The molecule has 1 aromatic carbocycles. The number of fused-ring (bicyclic) bond motifs is 1. The second kappa shape index (κ2) is 7.96. The Bertz CT molecular complexity index is 822. The highest BCUT2D eigenvalue weighted by Crippen LogP contribution is 2.17. The lowest BCUT2D eigenvalue weighted by atomic mass is 10.2. The van der Waals surface area contributed by atoms with Crippen LogP contribution in [0.1, 0.15) is 32.1 Å². The van der Waals surface area contributed by atoms with Crippen LogP contribution in [0.25, 0.3) is 10.8 Å².